The number of aromatic nitrogens is 1. The second kappa shape index (κ2) is 6.75. The highest BCUT2D eigenvalue weighted by Crippen LogP contribution is 2.30. The van der Waals surface area contributed by atoms with Gasteiger partial charge in [-0.05, 0) is 18.1 Å². The number of esters is 1. The second-order valence-electron chi connectivity index (χ2n) is 5.22. The van der Waals surface area contributed by atoms with E-state index in [4.69, 9.17) is 4.74 Å². The number of carbonyl (C=O) groups excluding carboxylic acids is 1. The molecule has 0 N–H and O–H groups in total. The van der Waals surface area contributed by atoms with Crippen molar-refractivity contribution < 1.29 is 9.53 Å². The van der Waals surface area contributed by atoms with Crippen LogP contribution in [0.15, 0.2) is 54.6 Å². The molecule has 0 saturated heterocycles. The summed E-state index contributed by atoms with van der Waals surface area (Å²) in [5, 5.41) is 0.931. The average Bonchev–Trinajstić information content (AvgIpc) is 2.96. The first-order valence-corrected chi connectivity index (χ1v) is 8.18. The zero-order chi connectivity index (χ0) is 16.2. The Bertz CT molecular complexity index is 807. The van der Waals surface area contributed by atoms with Gasteiger partial charge in [0.15, 0.2) is 0 Å². The van der Waals surface area contributed by atoms with Crippen LogP contribution in [0.25, 0.3) is 21.7 Å². The lowest BCUT2D eigenvalue weighted by Crippen LogP contribution is -2.05. The first kappa shape index (κ1) is 15.4. The molecular weight excluding hydrogens is 306 g/mol. The zero-order valence-corrected chi connectivity index (χ0v) is 13.9. The summed E-state index contributed by atoms with van der Waals surface area (Å²) >= 11 is 1.60. The molecule has 1 aromatic heterocycles. The monoisotopic (exact) mass is 323 g/mol. The fourth-order valence-corrected chi connectivity index (χ4v) is 3.30. The Morgan fingerprint density at radius 2 is 1.61 bits per heavy atom. The number of hydrogen-bond donors (Lipinski definition) is 0. The van der Waals surface area contributed by atoms with Crippen LogP contribution in [0, 0.1) is 6.92 Å². The minimum Gasteiger partial charge on any atom is -0.469 e. The number of rotatable bonds is 4. The highest BCUT2D eigenvalue weighted by atomic mass is 32.1. The van der Waals surface area contributed by atoms with Crippen molar-refractivity contribution in [3.63, 3.8) is 0 Å². The third kappa shape index (κ3) is 3.48. The molecule has 4 heteroatoms. The van der Waals surface area contributed by atoms with Crippen LogP contribution in [0.4, 0.5) is 0 Å². The molecule has 2 aromatic carbocycles. The molecule has 0 amide bonds. The van der Waals surface area contributed by atoms with Crippen molar-refractivity contribution in [2.45, 2.75) is 13.3 Å². The SMILES string of the molecule is COC(=O)Cc1nc(-c2ccc(-c3ccccc3)cc2)sc1C. The standard InChI is InChI=1S/C19H17NO2S/c1-13-17(12-18(21)22-2)20-19(23-13)16-10-8-15(9-11-16)14-6-4-3-5-7-14/h3-11H,12H2,1-2H3. The molecule has 0 atom stereocenters. The molecule has 116 valence electrons. The Kier molecular flexibility index (Phi) is 4.53. The molecule has 3 aromatic rings. The first-order chi connectivity index (χ1) is 11.2. The van der Waals surface area contributed by atoms with Gasteiger partial charge in [0.05, 0.1) is 19.2 Å². The van der Waals surface area contributed by atoms with E-state index in [1.165, 1.54) is 18.2 Å². The van der Waals surface area contributed by atoms with Crippen LogP contribution in [0.2, 0.25) is 0 Å². The van der Waals surface area contributed by atoms with Crippen LogP contribution in [0.3, 0.4) is 0 Å². The van der Waals surface area contributed by atoms with Crippen molar-refractivity contribution in [2.24, 2.45) is 0 Å². The van der Waals surface area contributed by atoms with E-state index in [1.807, 2.05) is 25.1 Å². The molecule has 3 rings (SSSR count). The minimum absolute atomic E-state index is 0.223. The predicted octanol–water partition coefficient (Wildman–Crippen LogP) is 4.50. The summed E-state index contributed by atoms with van der Waals surface area (Å²) < 4.78 is 4.71. The Morgan fingerprint density at radius 3 is 2.26 bits per heavy atom. The lowest BCUT2D eigenvalue weighted by atomic mass is 10.0. The molecule has 3 nitrogen and oxygen atoms in total. The van der Waals surface area contributed by atoms with Gasteiger partial charge in [-0.1, -0.05) is 54.6 Å². The van der Waals surface area contributed by atoms with E-state index in [1.54, 1.807) is 11.3 Å². The van der Waals surface area contributed by atoms with Crippen LogP contribution in [0.1, 0.15) is 10.6 Å². The van der Waals surface area contributed by atoms with Gasteiger partial charge in [-0.2, -0.15) is 0 Å². The Hall–Kier alpha value is -2.46. The average molecular weight is 323 g/mol. The molecule has 1 heterocycles. The summed E-state index contributed by atoms with van der Waals surface area (Å²) in [6.07, 6.45) is 0.223. The van der Waals surface area contributed by atoms with Gasteiger partial charge < -0.3 is 4.74 Å². The summed E-state index contributed by atoms with van der Waals surface area (Å²) in [6.45, 7) is 1.98. The van der Waals surface area contributed by atoms with Crippen molar-refractivity contribution in [3.05, 3.63) is 65.2 Å². The second-order valence-corrected chi connectivity index (χ2v) is 6.42. The van der Waals surface area contributed by atoms with Gasteiger partial charge in [0.1, 0.15) is 5.01 Å². The molecule has 23 heavy (non-hydrogen) atoms. The Labute approximate surface area is 139 Å². The van der Waals surface area contributed by atoms with Crippen molar-refractivity contribution in [2.75, 3.05) is 7.11 Å². The van der Waals surface area contributed by atoms with E-state index in [0.717, 1.165) is 21.1 Å². The van der Waals surface area contributed by atoms with Crippen LogP contribution in [-0.2, 0) is 16.0 Å². The third-order valence-electron chi connectivity index (χ3n) is 3.67. The molecule has 0 aliphatic rings. The summed E-state index contributed by atoms with van der Waals surface area (Å²) in [4.78, 5) is 17.1. The number of nitrogens with zero attached hydrogens (tertiary/aromatic N) is 1. The van der Waals surface area contributed by atoms with Crippen molar-refractivity contribution in [1.82, 2.24) is 4.98 Å². The summed E-state index contributed by atoms with van der Waals surface area (Å²) in [5.41, 5.74) is 4.23. The van der Waals surface area contributed by atoms with Crippen LogP contribution in [0.5, 0.6) is 0 Å². The van der Waals surface area contributed by atoms with Gasteiger partial charge in [-0.25, -0.2) is 4.98 Å². The van der Waals surface area contributed by atoms with E-state index in [0.29, 0.717) is 0 Å². The van der Waals surface area contributed by atoms with Gasteiger partial charge in [0, 0.05) is 10.4 Å². The molecule has 0 saturated carbocycles. The molecule has 0 bridgehead atoms. The normalized spacial score (nSPS) is 10.5. The molecule has 0 aliphatic heterocycles. The molecule has 0 radical (unpaired) electrons. The zero-order valence-electron chi connectivity index (χ0n) is 13.1. The predicted molar refractivity (Wildman–Crippen MR) is 93.4 cm³/mol. The topological polar surface area (TPSA) is 39.2 Å². The van der Waals surface area contributed by atoms with Gasteiger partial charge in [-0.3, -0.25) is 4.79 Å². The number of thiazole rings is 1. The van der Waals surface area contributed by atoms with Gasteiger partial charge in [-0.15, -0.1) is 11.3 Å². The summed E-state index contributed by atoms with van der Waals surface area (Å²) in [5.74, 6) is -0.260. The largest absolute Gasteiger partial charge is 0.469 e. The number of aryl methyl sites for hydroxylation is 1. The van der Waals surface area contributed by atoms with Crippen molar-refractivity contribution in [1.29, 1.82) is 0 Å². The summed E-state index contributed by atoms with van der Waals surface area (Å²) in [7, 11) is 1.40. The van der Waals surface area contributed by atoms with Gasteiger partial charge in [0.2, 0.25) is 0 Å². The highest BCUT2D eigenvalue weighted by Gasteiger charge is 2.13. The van der Waals surface area contributed by atoms with E-state index < -0.39 is 0 Å². The molecule has 0 unspecified atom stereocenters. The van der Waals surface area contributed by atoms with Crippen LogP contribution >= 0.6 is 11.3 Å². The maximum absolute atomic E-state index is 11.4. The maximum Gasteiger partial charge on any atom is 0.311 e. The third-order valence-corrected chi connectivity index (χ3v) is 4.73. The maximum atomic E-state index is 11.4. The fourth-order valence-electron chi connectivity index (χ4n) is 2.36. The molecule has 0 spiro atoms. The Morgan fingerprint density at radius 1 is 1.00 bits per heavy atom. The highest BCUT2D eigenvalue weighted by molar-refractivity contribution is 7.15. The van der Waals surface area contributed by atoms with E-state index in [9.17, 15) is 4.79 Å². The Balaban J connectivity index is 1.85. The van der Waals surface area contributed by atoms with Crippen LogP contribution < -0.4 is 0 Å². The minimum atomic E-state index is -0.260. The fraction of sp³-hybridized carbons (Fsp3) is 0.158. The molecule has 0 fully saturated rings. The number of ether oxygens (including phenoxy) is 1. The van der Waals surface area contributed by atoms with E-state index in [2.05, 4.69) is 41.4 Å². The van der Waals surface area contributed by atoms with Gasteiger partial charge >= 0.3 is 5.97 Å². The van der Waals surface area contributed by atoms with Crippen molar-refractivity contribution in [3.8, 4) is 21.7 Å². The lowest BCUT2D eigenvalue weighted by Gasteiger charge is -2.02. The number of benzene rings is 2. The van der Waals surface area contributed by atoms with E-state index in [-0.39, 0.29) is 12.4 Å². The first-order valence-electron chi connectivity index (χ1n) is 7.36. The quantitative estimate of drug-likeness (QED) is 0.664. The number of hydrogen-bond acceptors (Lipinski definition) is 4. The van der Waals surface area contributed by atoms with Crippen molar-refractivity contribution >= 4 is 17.3 Å². The molecule has 0 aliphatic carbocycles. The number of carbonyl (C=O) groups is 1. The lowest BCUT2D eigenvalue weighted by molar-refractivity contribution is -0.139. The molecular formula is C19H17NO2S. The van der Waals surface area contributed by atoms with E-state index >= 15 is 0 Å². The van der Waals surface area contributed by atoms with Gasteiger partial charge in [0.25, 0.3) is 0 Å². The summed E-state index contributed by atoms with van der Waals surface area (Å²) in [6, 6.07) is 18.6. The smallest absolute Gasteiger partial charge is 0.311 e. The van der Waals surface area contributed by atoms with Crippen LogP contribution in [-0.4, -0.2) is 18.1 Å². The number of methoxy groups -OCH3 is 1.